The number of aromatic nitrogens is 2. The lowest BCUT2D eigenvalue weighted by atomic mass is 10.1. The van der Waals surface area contributed by atoms with Gasteiger partial charge in [-0.2, -0.15) is 5.10 Å². The summed E-state index contributed by atoms with van der Waals surface area (Å²) in [6, 6.07) is 13.6. The molecular weight excluding hydrogens is 368 g/mol. The van der Waals surface area contributed by atoms with Crippen LogP contribution in [0.2, 0.25) is 0 Å². The van der Waals surface area contributed by atoms with Crippen molar-refractivity contribution in [3.63, 3.8) is 0 Å². The van der Waals surface area contributed by atoms with Crippen LogP contribution in [0.5, 0.6) is 0 Å². The van der Waals surface area contributed by atoms with Crippen molar-refractivity contribution in [3.8, 4) is 5.69 Å². The van der Waals surface area contributed by atoms with Crippen molar-refractivity contribution >= 4 is 15.7 Å². The third-order valence-electron chi connectivity index (χ3n) is 4.21. The van der Waals surface area contributed by atoms with Crippen LogP contribution >= 0.6 is 0 Å². The summed E-state index contributed by atoms with van der Waals surface area (Å²) in [5, 5.41) is 15.4. The van der Waals surface area contributed by atoms with E-state index in [1.807, 2.05) is 30.3 Å². The van der Waals surface area contributed by atoms with Crippen molar-refractivity contribution < 1.29 is 13.3 Å². The Morgan fingerprint density at radius 2 is 1.85 bits per heavy atom. The normalized spacial score (nSPS) is 11.5. The average molecular weight is 386 g/mol. The molecule has 8 nitrogen and oxygen atoms in total. The van der Waals surface area contributed by atoms with E-state index in [-0.39, 0.29) is 17.1 Å². The number of nitro groups is 1. The molecular formula is C18H18N4O4S. The van der Waals surface area contributed by atoms with Crippen molar-refractivity contribution in [3.05, 3.63) is 81.7 Å². The fraction of sp³-hybridized carbons (Fsp3) is 0.167. The number of hydrogen-bond donors (Lipinski definition) is 1. The van der Waals surface area contributed by atoms with E-state index < -0.39 is 14.9 Å². The van der Waals surface area contributed by atoms with E-state index in [1.165, 1.54) is 6.07 Å². The smallest absolute Gasteiger partial charge is 0.258 e. The number of hydrogen-bond acceptors (Lipinski definition) is 5. The van der Waals surface area contributed by atoms with Gasteiger partial charge in [0, 0.05) is 18.3 Å². The first-order valence-corrected chi connectivity index (χ1v) is 9.61. The summed E-state index contributed by atoms with van der Waals surface area (Å²) in [4.78, 5) is 10.3. The minimum atomic E-state index is -3.93. The van der Waals surface area contributed by atoms with Crippen LogP contribution in [0, 0.1) is 24.0 Å². The van der Waals surface area contributed by atoms with Gasteiger partial charge in [0.05, 0.1) is 27.7 Å². The van der Waals surface area contributed by atoms with Gasteiger partial charge >= 0.3 is 0 Å². The molecule has 0 aliphatic carbocycles. The maximum atomic E-state index is 12.7. The second kappa shape index (κ2) is 7.29. The zero-order valence-corrected chi connectivity index (χ0v) is 15.6. The maximum absolute atomic E-state index is 12.7. The zero-order valence-electron chi connectivity index (χ0n) is 14.8. The summed E-state index contributed by atoms with van der Waals surface area (Å²) in [6.45, 7) is 3.24. The highest BCUT2D eigenvalue weighted by Crippen LogP contribution is 2.25. The molecule has 3 aromatic rings. The molecule has 1 heterocycles. The molecule has 0 spiro atoms. The van der Waals surface area contributed by atoms with Gasteiger partial charge in [-0.1, -0.05) is 18.2 Å². The molecule has 0 saturated carbocycles. The quantitative estimate of drug-likeness (QED) is 0.518. The van der Waals surface area contributed by atoms with Gasteiger partial charge in [0.25, 0.3) is 5.69 Å². The lowest BCUT2D eigenvalue weighted by Crippen LogP contribution is -2.24. The van der Waals surface area contributed by atoms with Crippen LogP contribution in [0.25, 0.3) is 5.69 Å². The van der Waals surface area contributed by atoms with Gasteiger partial charge < -0.3 is 0 Å². The van der Waals surface area contributed by atoms with Crippen LogP contribution in [-0.2, 0) is 16.6 Å². The van der Waals surface area contributed by atoms with E-state index in [2.05, 4.69) is 9.82 Å². The molecule has 27 heavy (non-hydrogen) atoms. The van der Waals surface area contributed by atoms with Gasteiger partial charge in [-0.05, 0) is 43.2 Å². The van der Waals surface area contributed by atoms with Crippen LogP contribution in [0.1, 0.15) is 16.8 Å². The third-order valence-corrected chi connectivity index (χ3v) is 5.74. The van der Waals surface area contributed by atoms with E-state index in [0.29, 0.717) is 16.8 Å². The Morgan fingerprint density at radius 3 is 2.52 bits per heavy atom. The Balaban J connectivity index is 1.82. The van der Waals surface area contributed by atoms with Crippen molar-refractivity contribution in [2.45, 2.75) is 25.3 Å². The topological polar surface area (TPSA) is 107 Å². The average Bonchev–Trinajstić information content (AvgIpc) is 3.12. The fourth-order valence-electron chi connectivity index (χ4n) is 2.62. The summed E-state index contributed by atoms with van der Waals surface area (Å²) >= 11 is 0. The number of non-ortho nitro benzene ring substituents is 1. The minimum absolute atomic E-state index is 0.0245. The van der Waals surface area contributed by atoms with Crippen LogP contribution in [-0.4, -0.2) is 23.1 Å². The van der Waals surface area contributed by atoms with Crippen LogP contribution in [0.15, 0.2) is 59.6 Å². The second-order valence-corrected chi connectivity index (χ2v) is 7.79. The first-order chi connectivity index (χ1) is 12.8. The lowest BCUT2D eigenvalue weighted by molar-refractivity contribution is -0.385. The zero-order chi connectivity index (χ0) is 19.6. The van der Waals surface area contributed by atoms with Crippen LogP contribution in [0.4, 0.5) is 5.69 Å². The molecule has 9 heteroatoms. The molecule has 3 rings (SSSR count). The Labute approximate surface area is 156 Å². The monoisotopic (exact) mass is 386 g/mol. The number of nitrogens with one attached hydrogen (secondary N) is 1. The molecule has 2 aromatic carbocycles. The summed E-state index contributed by atoms with van der Waals surface area (Å²) in [5.41, 5.74) is 2.15. The number of nitrogens with zero attached hydrogens (tertiary/aromatic N) is 3. The second-order valence-electron chi connectivity index (χ2n) is 6.05. The van der Waals surface area contributed by atoms with Crippen LogP contribution in [0.3, 0.4) is 0 Å². The molecule has 0 bridgehead atoms. The van der Waals surface area contributed by atoms with E-state index in [9.17, 15) is 18.5 Å². The molecule has 1 aromatic heterocycles. The molecule has 0 aliphatic heterocycles. The van der Waals surface area contributed by atoms with Crippen molar-refractivity contribution in [2.24, 2.45) is 0 Å². The fourth-order valence-corrected chi connectivity index (χ4v) is 3.95. The Hall–Kier alpha value is -3.04. The van der Waals surface area contributed by atoms with Crippen LogP contribution < -0.4 is 4.72 Å². The van der Waals surface area contributed by atoms with Crippen molar-refractivity contribution in [2.75, 3.05) is 0 Å². The number of nitro benzene ring substituents is 1. The standard InChI is InChI=1S/C18H18N4O4S/c1-13-10-17(22(23)24)11-18(14(13)2)27(25,26)19-12-15-8-9-21(20-15)16-6-4-3-5-7-16/h3-11,19H,12H2,1-2H3. The van der Waals surface area contributed by atoms with Crippen molar-refractivity contribution in [1.82, 2.24) is 14.5 Å². The first-order valence-electron chi connectivity index (χ1n) is 8.13. The van der Waals surface area contributed by atoms with Gasteiger partial charge in [-0.3, -0.25) is 10.1 Å². The number of benzene rings is 2. The molecule has 1 N–H and O–H groups in total. The summed E-state index contributed by atoms with van der Waals surface area (Å²) in [7, 11) is -3.93. The molecule has 0 saturated heterocycles. The predicted octanol–water partition coefficient (Wildman–Crippen LogP) is 2.88. The number of rotatable bonds is 6. The largest absolute Gasteiger partial charge is 0.271 e. The summed E-state index contributed by atoms with van der Waals surface area (Å²) in [6.07, 6.45) is 1.74. The SMILES string of the molecule is Cc1cc([N+](=O)[O-])cc(S(=O)(=O)NCc2ccn(-c3ccccc3)n2)c1C. The van der Waals surface area contributed by atoms with Gasteiger partial charge in [-0.15, -0.1) is 0 Å². The minimum Gasteiger partial charge on any atom is -0.258 e. The van der Waals surface area contributed by atoms with Gasteiger partial charge in [0.2, 0.25) is 10.0 Å². The Kier molecular flexibility index (Phi) is 5.06. The molecule has 0 unspecified atom stereocenters. The molecule has 0 aliphatic rings. The highest BCUT2D eigenvalue weighted by molar-refractivity contribution is 7.89. The maximum Gasteiger partial charge on any atom is 0.271 e. The van der Waals surface area contributed by atoms with Gasteiger partial charge in [0.1, 0.15) is 0 Å². The molecule has 0 radical (unpaired) electrons. The molecule has 0 amide bonds. The van der Waals surface area contributed by atoms with E-state index >= 15 is 0 Å². The summed E-state index contributed by atoms with van der Waals surface area (Å²) < 4.78 is 29.4. The lowest BCUT2D eigenvalue weighted by Gasteiger charge is -2.10. The van der Waals surface area contributed by atoms with Crippen molar-refractivity contribution in [1.29, 1.82) is 0 Å². The van der Waals surface area contributed by atoms with E-state index in [4.69, 9.17) is 0 Å². The Morgan fingerprint density at radius 1 is 1.15 bits per heavy atom. The molecule has 0 fully saturated rings. The molecule has 140 valence electrons. The predicted molar refractivity (Wildman–Crippen MR) is 100 cm³/mol. The number of sulfonamides is 1. The highest BCUT2D eigenvalue weighted by Gasteiger charge is 2.22. The highest BCUT2D eigenvalue weighted by atomic mass is 32.2. The number of aryl methyl sites for hydroxylation is 1. The molecule has 0 atom stereocenters. The van der Waals surface area contributed by atoms with E-state index in [1.54, 1.807) is 30.8 Å². The van der Waals surface area contributed by atoms with E-state index in [0.717, 1.165) is 11.8 Å². The Bertz CT molecular complexity index is 1090. The summed E-state index contributed by atoms with van der Waals surface area (Å²) in [5.74, 6) is 0. The van der Waals surface area contributed by atoms with Gasteiger partial charge in [0.15, 0.2) is 0 Å². The number of para-hydroxylation sites is 1. The first kappa shape index (κ1) is 18.7. The third kappa shape index (κ3) is 4.04. The van der Waals surface area contributed by atoms with Gasteiger partial charge in [-0.25, -0.2) is 17.8 Å².